The van der Waals surface area contributed by atoms with Gasteiger partial charge in [-0.15, -0.1) is 0 Å². The Morgan fingerprint density at radius 2 is 2.17 bits per heavy atom. The zero-order chi connectivity index (χ0) is 8.97. The van der Waals surface area contributed by atoms with E-state index >= 15 is 0 Å². The van der Waals surface area contributed by atoms with Crippen LogP contribution in [0.1, 0.15) is 16.7 Å². The van der Waals surface area contributed by atoms with Crippen LogP contribution >= 0.6 is 0 Å². The lowest BCUT2D eigenvalue weighted by Gasteiger charge is -2.05. The minimum absolute atomic E-state index is 0.378. The van der Waals surface area contributed by atoms with Gasteiger partial charge in [-0.05, 0) is 30.7 Å². The van der Waals surface area contributed by atoms with Crippen LogP contribution in [0, 0.1) is 6.92 Å². The average Bonchev–Trinajstić information content (AvgIpc) is 2.09. The van der Waals surface area contributed by atoms with E-state index in [1.165, 1.54) is 11.1 Å². The molecule has 0 unspecified atom stereocenters. The fourth-order valence-corrected chi connectivity index (χ4v) is 1.19. The number of rotatable bonds is 3. The monoisotopic (exact) mass is 167 g/mol. The lowest BCUT2D eigenvalue weighted by atomic mass is 10.1. The molecule has 0 atom stereocenters. The van der Waals surface area contributed by atoms with E-state index < -0.39 is 0 Å². The first-order valence-electron chi connectivity index (χ1n) is 4.07. The van der Waals surface area contributed by atoms with Crippen molar-refractivity contribution in [3.05, 3.63) is 34.9 Å². The molecular formula is C10H14FN. The van der Waals surface area contributed by atoms with E-state index in [0.717, 1.165) is 12.1 Å². The second kappa shape index (κ2) is 4.21. The molecule has 1 N–H and O–H groups in total. The number of benzene rings is 1. The number of hydrogen-bond acceptors (Lipinski definition) is 1. The van der Waals surface area contributed by atoms with Gasteiger partial charge in [0.1, 0.15) is 6.67 Å². The van der Waals surface area contributed by atoms with Crippen LogP contribution in [0.5, 0.6) is 0 Å². The third kappa shape index (κ3) is 2.05. The summed E-state index contributed by atoms with van der Waals surface area (Å²) in [6, 6.07) is 5.70. The van der Waals surface area contributed by atoms with Gasteiger partial charge in [0.15, 0.2) is 0 Å². The molecule has 0 spiro atoms. The lowest BCUT2D eigenvalue weighted by molar-refractivity contribution is 0.485. The fraction of sp³-hybridized carbons (Fsp3) is 0.400. The molecule has 0 bridgehead atoms. The summed E-state index contributed by atoms with van der Waals surface area (Å²) in [5.74, 6) is 0. The van der Waals surface area contributed by atoms with Crippen molar-refractivity contribution in [3.63, 3.8) is 0 Å². The molecule has 0 saturated carbocycles. The summed E-state index contributed by atoms with van der Waals surface area (Å²) in [4.78, 5) is 0. The van der Waals surface area contributed by atoms with E-state index in [2.05, 4.69) is 5.32 Å². The van der Waals surface area contributed by atoms with Gasteiger partial charge in [-0.3, -0.25) is 0 Å². The molecule has 0 aromatic heterocycles. The number of alkyl halides is 1. The zero-order valence-electron chi connectivity index (χ0n) is 7.52. The van der Waals surface area contributed by atoms with Gasteiger partial charge in [0.2, 0.25) is 0 Å². The van der Waals surface area contributed by atoms with Gasteiger partial charge < -0.3 is 5.32 Å². The Labute approximate surface area is 72.6 Å². The predicted molar refractivity (Wildman–Crippen MR) is 48.8 cm³/mol. The van der Waals surface area contributed by atoms with E-state index in [9.17, 15) is 4.39 Å². The Morgan fingerprint density at radius 3 is 2.75 bits per heavy atom. The molecule has 1 aromatic carbocycles. The normalized spacial score (nSPS) is 10.2. The van der Waals surface area contributed by atoms with Gasteiger partial charge in [-0.1, -0.05) is 18.2 Å². The van der Waals surface area contributed by atoms with Crippen molar-refractivity contribution in [1.29, 1.82) is 0 Å². The van der Waals surface area contributed by atoms with Crippen molar-refractivity contribution in [1.82, 2.24) is 5.32 Å². The van der Waals surface area contributed by atoms with Gasteiger partial charge in [-0.25, -0.2) is 4.39 Å². The molecule has 0 radical (unpaired) electrons. The molecule has 0 aliphatic rings. The second-order valence-corrected chi connectivity index (χ2v) is 2.92. The average molecular weight is 167 g/mol. The molecule has 1 rings (SSSR count). The van der Waals surface area contributed by atoms with E-state index in [1.807, 2.05) is 32.2 Å². The van der Waals surface area contributed by atoms with Crippen LogP contribution in [0.15, 0.2) is 18.2 Å². The molecule has 0 amide bonds. The van der Waals surface area contributed by atoms with Crippen molar-refractivity contribution in [2.75, 3.05) is 7.05 Å². The Morgan fingerprint density at radius 1 is 1.42 bits per heavy atom. The summed E-state index contributed by atoms with van der Waals surface area (Å²) in [5.41, 5.74) is 3.14. The quantitative estimate of drug-likeness (QED) is 0.727. The van der Waals surface area contributed by atoms with Crippen molar-refractivity contribution in [2.45, 2.75) is 20.1 Å². The number of nitrogens with one attached hydrogen (secondary N) is 1. The number of aryl methyl sites for hydroxylation is 1. The van der Waals surface area contributed by atoms with E-state index in [0.29, 0.717) is 0 Å². The highest BCUT2D eigenvalue weighted by atomic mass is 19.1. The van der Waals surface area contributed by atoms with Crippen LogP contribution in [-0.2, 0) is 13.2 Å². The molecule has 2 heteroatoms. The molecule has 1 aromatic rings. The second-order valence-electron chi connectivity index (χ2n) is 2.92. The van der Waals surface area contributed by atoms with Crippen molar-refractivity contribution in [2.24, 2.45) is 0 Å². The topological polar surface area (TPSA) is 12.0 Å². The summed E-state index contributed by atoms with van der Waals surface area (Å²) in [7, 11) is 1.89. The first-order valence-corrected chi connectivity index (χ1v) is 4.07. The van der Waals surface area contributed by atoms with Gasteiger partial charge in [-0.2, -0.15) is 0 Å². The fourth-order valence-electron chi connectivity index (χ4n) is 1.19. The molecule has 0 heterocycles. The summed E-state index contributed by atoms with van der Waals surface area (Å²) >= 11 is 0. The maximum Gasteiger partial charge on any atom is 0.115 e. The minimum atomic E-state index is -0.378. The van der Waals surface area contributed by atoms with Crippen LogP contribution in [0.2, 0.25) is 0 Å². The highest BCUT2D eigenvalue weighted by molar-refractivity contribution is 5.30. The summed E-state index contributed by atoms with van der Waals surface area (Å²) < 4.78 is 12.3. The molecule has 1 nitrogen and oxygen atoms in total. The third-order valence-electron chi connectivity index (χ3n) is 1.94. The summed E-state index contributed by atoms with van der Waals surface area (Å²) in [5, 5.41) is 3.05. The number of hydrogen-bond donors (Lipinski definition) is 1. The molecule has 0 saturated heterocycles. The smallest absolute Gasteiger partial charge is 0.115 e. The van der Waals surface area contributed by atoms with E-state index in [1.54, 1.807) is 0 Å². The van der Waals surface area contributed by atoms with E-state index in [4.69, 9.17) is 0 Å². The zero-order valence-corrected chi connectivity index (χ0v) is 7.52. The molecule has 66 valence electrons. The van der Waals surface area contributed by atoms with Crippen LogP contribution in [0.25, 0.3) is 0 Å². The molecule has 12 heavy (non-hydrogen) atoms. The number of halogens is 1. The first kappa shape index (κ1) is 9.20. The third-order valence-corrected chi connectivity index (χ3v) is 1.94. The predicted octanol–water partition coefficient (Wildman–Crippen LogP) is 2.18. The first-order chi connectivity index (χ1) is 5.77. The minimum Gasteiger partial charge on any atom is -0.316 e. The van der Waals surface area contributed by atoms with Gasteiger partial charge in [0, 0.05) is 6.54 Å². The maximum atomic E-state index is 12.3. The molecule has 0 aliphatic heterocycles. The standard InChI is InChI=1S/C10H14FN/c1-8-3-4-9(6-11)5-10(8)7-12-2/h3-5,12H,6-7H2,1-2H3. The van der Waals surface area contributed by atoms with Crippen LogP contribution in [0.4, 0.5) is 4.39 Å². The van der Waals surface area contributed by atoms with Crippen LogP contribution < -0.4 is 5.32 Å². The molecule has 0 aliphatic carbocycles. The lowest BCUT2D eigenvalue weighted by Crippen LogP contribution is -2.06. The Hall–Kier alpha value is -0.890. The van der Waals surface area contributed by atoms with Crippen molar-refractivity contribution in [3.8, 4) is 0 Å². The van der Waals surface area contributed by atoms with Crippen LogP contribution in [0.3, 0.4) is 0 Å². The van der Waals surface area contributed by atoms with Crippen molar-refractivity contribution >= 4 is 0 Å². The van der Waals surface area contributed by atoms with Crippen molar-refractivity contribution < 1.29 is 4.39 Å². The van der Waals surface area contributed by atoms with Gasteiger partial charge in [0.05, 0.1) is 0 Å². The Bertz CT molecular complexity index is 258. The SMILES string of the molecule is CNCc1cc(CF)ccc1C. The summed E-state index contributed by atoms with van der Waals surface area (Å²) in [6.07, 6.45) is 0. The van der Waals surface area contributed by atoms with Gasteiger partial charge >= 0.3 is 0 Å². The highest BCUT2D eigenvalue weighted by Crippen LogP contribution is 2.11. The highest BCUT2D eigenvalue weighted by Gasteiger charge is 1.98. The van der Waals surface area contributed by atoms with Crippen LogP contribution in [-0.4, -0.2) is 7.05 Å². The maximum absolute atomic E-state index is 12.3. The van der Waals surface area contributed by atoms with E-state index in [-0.39, 0.29) is 6.67 Å². The summed E-state index contributed by atoms with van der Waals surface area (Å²) in [6.45, 7) is 2.46. The van der Waals surface area contributed by atoms with Gasteiger partial charge in [0.25, 0.3) is 0 Å². The molecule has 0 fully saturated rings. The Kier molecular flexibility index (Phi) is 3.23. The largest absolute Gasteiger partial charge is 0.316 e. The Balaban J connectivity index is 2.91. The molecular weight excluding hydrogens is 153 g/mol.